The van der Waals surface area contributed by atoms with E-state index in [-0.39, 0.29) is 5.56 Å². The van der Waals surface area contributed by atoms with Crippen molar-refractivity contribution in [3.8, 4) is 0 Å². The van der Waals surface area contributed by atoms with Crippen molar-refractivity contribution in [1.29, 1.82) is 0 Å². The second-order valence-corrected chi connectivity index (χ2v) is 4.55. The Balaban J connectivity index is 1.85. The van der Waals surface area contributed by atoms with Crippen LogP contribution in [-0.4, -0.2) is 22.0 Å². The number of aromatic nitrogens is 2. The Kier molecular flexibility index (Phi) is 4.47. The van der Waals surface area contributed by atoms with E-state index in [1.807, 2.05) is 17.8 Å². The number of aryl methyl sites for hydroxylation is 1. The van der Waals surface area contributed by atoms with Gasteiger partial charge < -0.3 is 15.6 Å². The molecule has 2 rings (SSSR count). The van der Waals surface area contributed by atoms with Gasteiger partial charge in [-0.15, -0.1) is 0 Å². The standard InChI is InChI=1S/C14H17FN4O/c1-19-7-6-18-13(19)4-5-17-9-11-3-2-10(14(16)20)8-12(11)15/h2-3,6-8,17H,4-5,9H2,1H3,(H2,16,20). The molecule has 0 aliphatic rings. The number of nitrogens with one attached hydrogen (secondary N) is 1. The first-order valence-corrected chi connectivity index (χ1v) is 6.33. The highest BCUT2D eigenvalue weighted by Gasteiger charge is 2.07. The Bertz CT molecular complexity index is 609. The van der Waals surface area contributed by atoms with Crippen molar-refractivity contribution in [3.05, 3.63) is 53.4 Å². The van der Waals surface area contributed by atoms with E-state index < -0.39 is 11.7 Å². The molecule has 0 aliphatic carbocycles. The summed E-state index contributed by atoms with van der Waals surface area (Å²) in [5.74, 6) is -0.0777. The van der Waals surface area contributed by atoms with Crippen LogP contribution in [0, 0.1) is 5.82 Å². The lowest BCUT2D eigenvalue weighted by molar-refractivity contribution is 0.1000. The first-order valence-electron chi connectivity index (χ1n) is 6.33. The van der Waals surface area contributed by atoms with Gasteiger partial charge in [-0.2, -0.15) is 0 Å². The van der Waals surface area contributed by atoms with Crippen molar-refractivity contribution in [3.63, 3.8) is 0 Å². The zero-order valence-corrected chi connectivity index (χ0v) is 11.3. The molecule has 0 fully saturated rings. The van der Waals surface area contributed by atoms with Crippen LogP contribution in [0.5, 0.6) is 0 Å². The molecule has 1 aromatic carbocycles. The molecule has 0 radical (unpaired) electrons. The maximum Gasteiger partial charge on any atom is 0.248 e. The fourth-order valence-corrected chi connectivity index (χ4v) is 1.90. The molecule has 0 bridgehead atoms. The Morgan fingerprint density at radius 1 is 1.50 bits per heavy atom. The highest BCUT2D eigenvalue weighted by molar-refractivity contribution is 5.92. The molecule has 0 aliphatic heterocycles. The smallest absolute Gasteiger partial charge is 0.248 e. The summed E-state index contributed by atoms with van der Waals surface area (Å²) in [5.41, 5.74) is 5.78. The lowest BCUT2D eigenvalue weighted by Gasteiger charge is -2.07. The summed E-state index contributed by atoms with van der Waals surface area (Å²) in [6.45, 7) is 1.09. The number of carbonyl (C=O) groups excluding carboxylic acids is 1. The minimum atomic E-state index is -0.627. The number of imidazole rings is 1. The third-order valence-electron chi connectivity index (χ3n) is 3.10. The van der Waals surface area contributed by atoms with Gasteiger partial charge in [0.05, 0.1) is 0 Å². The lowest BCUT2D eigenvalue weighted by atomic mass is 10.1. The number of hydrogen-bond donors (Lipinski definition) is 2. The van der Waals surface area contributed by atoms with Crippen LogP contribution < -0.4 is 11.1 Å². The van der Waals surface area contributed by atoms with E-state index in [9.17, 15) is 9.18 Å². The lowest BCUT2D eigenvalue weighted by Crippen LogP contribution is -2.19. The van der Waals surface area contributed by atoms with E-state index in [1.165, 1.54) is 6.07 Å². The van der Waals surface area contributed by atoms with Crippen LogP contribution >= 0.6 is 0 Å². The summed E-state index contributed by atoms with van der Waals surface area (Å²) in [6, 6.07) is 4.27. The van der Waals surface area contributed by atoms with Crippen LogP contribution in [0.4, 0.5) is 4.39 Å². The molecule has 0 atom stereocenters. The van der Waals surface area contributed by atoms with Crippen molar-refractivity contribution in [2.24, 2.45) is 12.8 Å². The second-order valence-electron chi connectivity index (χ2n) is 4.55. The van der Waals surface area contributed by atoms with Crippen LogP contribution in [0.15, 0.2) is 30.6 Å². The van der Waals surface area contributed by atoms with Crippen LogP contribution in [0.2, 0.25) is 0 Å². The Morgan fingerprint density at radius 2 is 2.30 bits per heavy atom. The summed E-state index contributed by atoms with van der Waals surface area (Å²) in [7, 11) is 1.94. The Labute approximate surface area is 116 Å². The number of primary amides is 1. The molecular weight excluding hydrogens is 259 g/mol. The largest absolute Gasteiger partial charge is 0.366 e. The molecular formula is C14H17FN4O. The molecule has 20 heavy (non-hydrogen) atoms. The summed E-state index contributed by atoms with van der Waals surface area (Å²) in [6.07, 6.45) is 4.40. The fourth-order valence-electron chi connectivity index (χ4n) is 1.90. The van der Waals surface area contributed by atoms with E-state index in [0.717, 1.165) is 18.3 Å². The SMILES string of the molecule is Cn1ccnc1CCNCc1ccc(C(N)=O)cc1F. The van der Waals surface area contributed by atoms with Crippen molar-refractivity contribution in [2.75, 3.05) is 6.54 Å². The minimum Gasteiger partial charge on any atom is -0.366 e. The normalized spacial score (nSPS) is 10.7. The zero-order chi connectivity index (χ0) is 14.5. The third kappa shape index (κ3) is 3.42. The van der Waals surface area contributed by atoms with Crippen molar-refractivity contribution in [1.82, 2.24) is 14.9 Å². The van der Waals surface area contributed by atoms with Gasteiger partial charge in [-0.3, -0.25) is 4.79 Å². The van der Waals surface area contributed by atoms with Crippen LogP contribution in [0.25, 0.3) is 0 Å². The molecule has 106 valence electrons. The number of halogens is 1. The van der Waals surface area contributed by atoms with Gasteiger partial charge in [0.15, 0.2) is 0 Å². The van der Waals surface area contributed by atoms with E-state index in [1.54, 1.807) is 12.3 Å². The van der Waals surface area contributed by atoms with Crippen LogP contribution in [0.3, 0.4) is 0 Å². The van der Waals surface area contributed by atoms with Gasteiger partial charge >= 0.3 is 0 Å². The average Bonchev–Trinajstić information content (AvgIpc) is 2.81. The molecule has 0 unspecified atom stereocenters. The summed E-state index contributed by atoms with van der Waals surface area (Å²) < 4.78 is 15.7. The summed E-state index contributed by atoms with van der Waals surface area (Å²) >= 11 is 0. The van der Waals surface area contributed by atoms with Gasteiger partial charge in [-0.25, -0.2) is 9.37 Å². The van der Waals surface area contributed by atoms with E-state index in [2.05, 4.69) is 10.3 Å². The van der Waals surface area contributed by atoms with Gasteiger partial charge in [0.2, 0.25) is 5.91 Å². The predicted molar refractivity (Wildman–Crippen MR) is 73.5 cm³/mol. The average molecular weight is 276 g/mol. The number of nitrogens with two attached hydrogens (primary N) is 1. The fraction of sp³-hybridized carbons (Fsp3) is 0.286. The molecule has 1 aromatic heterocycles. The number of hydrogen-bond acceptors (Lipinski definition) is 3. The van der Waals surface area contributed by atoms with Crippen molar-refractivity contribution in [2.45, 2.75) is 13.0 Å². The number of carbonyl (C=O) groups is 1. The molecule has 5 nitrogen and oxygen atoms in total. The second kappa shape index (κ2) is 6.29. The van der Waals surface area contributed by atoms with Crippen LogP contribution in [-0.2, 0) is 20.0 Å². The molecule has 3 N–H and O–H groups in total. The molecule has 0 spiro atoms. The molecule has 1 heterocycles. The van der Waals surface area contributed by atoms with Crippen molar-refractivity contribution < 1.29 is 9.18 Å². The number of nitrogens with zero attached hydrogens (tertiary/aromatic N) is 2. The number of rotatable bonds is 6. The number of benzene rings is 1. The van der Waals surface area contributed by atoms with Crippen molar-refractivity contribution >= 4 is 5.91 Å². The van der Waals surface area contributed by atoms with Gasteiger partial charge in [0, 0.05) is 50.1 Å². The summed E-state index contributed by atoms with van der Waals surface area (Å²) in [5, 5.41) is 3.15. The van der Waals surface area contributed by atoms with E-state index in [0.29, 0.717) is 18.7 Å². The minimum absolute atomic E-state index is 0.180. The number of amides is 1. The molecule has 2 aromatic rings. The third-order valence-corrected chi connectivity index (χ3v) is 3.10. The van der Waals surface area contributed by atoms with Gasteiger partial charge in [-0.05, 0) is 12.1 Å². The van der Waals surface area contributed by atoms with E-state index in [4.69, 9.17) is 5.73 Å². The zero-order valence-electron chi connectivity index (χ0n) is 11.3. The topological polar surface area (TPSA) is 72.9 Å². The quantitative estimate of drug-likeness (QED) is 0.773. The van der Waals surface area contributed by atoms with Gasteiger partial charge in [0.1, 0.15) is 11.6 Å². The molecule has 0 saturated carbocycles. The monoisotopic (exact) mass is 276 g/mol. The highest BCUT2D eigenvalue weighted by atomic mass is 19.1. The Morgan fingerprint density at radius 3 is 2.90 bits per heavy atom. The predicted octanol–water partition coefficient (Wildman–Crippen LogP) is 0.990. The molecule has 0 saturated heterocycles. The summed E-state index contributed by atoms with van der Waals surface area (Å²) in [4.78, 5) is 15.1. The first kappa shape index (κ1) is 14.2. The maximum atomic E-state index is 13.7. The van der Waals surface area contributed by atoms with Crippen LogP contribution in [0.1, 0.15) is 21.7 Å². The molecule has 1 amide bonds. The highest BCUT2D eigenvalue weighted by Crippen LogP contribution is 2.10. The first-order chi connectivity index (χ1) is 9.58. The maximum absolute atomic E-state index is 13.7. The molecule has 6 heteroatoms. The van der Waals surface area contributed by atoms with Gasteiger partial charge in [0.25, 0.3) is 0 Å². The van der Waals surface area contributed by atoms with Gasteiger partial charge in [-0.1, -0.05) is 6.07 Å². The van der Waals surface area contributed by atoms with E-state index >= 15 is 0 Å². The Hall–Kier alpha value is -2.21.